The molecule has 0 radical (unpaired) electrons. The Hall–Kier alpha value is -2.88. The lowest BCUT2D eigenvalue weighted by Crippen LogP contribution is -2.21. The number of amides is 1. The van der Waals surface area contributed by atoms with Gasteiger partial charge in [-0.2, -0.15) is 0 Å². The van der Waals surface area contributed by atoms with Crippen LogP contribution in [-0.2, 0) is 4.74 Å². The van der Waals surface area contributed by atoms with Gasteiger partial charge in [-0.05, 0) is 30.2 Å². The van der Waals surface area contributed by atoms with Gasteiger partial charge in [0.25, 0.3) is 5.91 Å². The van der Waals surface area contributed by atoms with Crippen LogP contribution in [0.15, 0.2) is 60.4 Å². The van der Waals surface area contributed by atoms with E-state index in [-0.39, 0.29) is 11.7 Å². The molecule has 25 heavy (non-hydrogen) atoms. The maximum atomic E-state index is 12.8. The fourth-order valence-corrected chi connectivity index (χ4v) is 2.25. The topological polar surface area (TPSA) is 46.6 Å². The number of benzene rings is 2. The summed E-state index contributed by atoms with van der Waals surface area (Å²) in [6.45, 7) is 2.47. The largest absolute Gasteiger partial charge is 0.489 e. The second kappa shape index (κ2) is 8.83. The van der Waals surface area contributed by atoms with Crippen molar-refractivity contribution in [2.24, 2.45) is 0 Å². The quantitative estimate of drug-likeness (QED) is 0.435. The van der Waals surface area contributed by atoms with E-state index in [0.717, 1.165) is 12.0 Å². The molecule has 1 amide bonds. The first-order valence-electron chi connectivity index (χ1n) is 8.29. The molecule has 0 atom stereocenters. The van der Waals surface area contributed by atoms with E-state index >= 15 is 0 Å². The zero-order valence-corrected chi connectivity index (χ0v) is 14.9. The van der Waals surface area contributed by atoms with E-state index < -0.39 is 0 Å². The van der Waals surface area contributed by atoms with Gasteiger partial charge >= 0.3 is 0 Å². The van der Waals surface area contributed by atoms with Crippen LogP contribution in [0.25, 0.3) is 6.08 Å². The maximum Gasteiger partial charge on any atom is 0.253 e. The highest BCUT2D eigenvalue weighted by molar-refractivity contribution is 6.10. The third-order valence-electron chi connectivity index (χ3n) is 3.58. The van der Waals surface area contributed by atoms with Crippen LogP contribution in [0.2, 0.25) is 0 Å². The molecule has 130 valence electrons. The van der Waals surface area contributed by atoms with Crippen LogP contribution in [0.1, 0.15) is 39.6 Å². The number of ketones is 1. The summed E-state index contributed by atoms with van der Waals surface area (Å²) in [7, 11) is 3.39. The highest BCUT2D eigenvalue weighted by Crippen LogP contribution is 2.16. The van der Waals surface area contributed by atoms with E-state index in [4.69, 9.17) is 4.74 Å². The molecular weight excluding hydrogens is 314 g/mol. The standard InChI is InChI=1S/C21H23NO3/c1-4-14-25-19(15-16-8-6-5-7-9-16)20(23)17-10-12-18(13-11-17)21(24)22(2)3/h5-13,15H,4,14H2,1-3H3. The molecule has 0 aromatic heterocycles. The van der Waals surface area contributed by atoms with Gasteiger partial charge in [-0.3, -0.25) is 9.59 Å². The summed E-state index contributed by atoms with van der Waals surface area (Å²) in [6, 6.07) is 16.2. The molecule has 0 saturated carbocycles. The van der Waals surface area contributed by atoms with Crippen molar-refractivity contribution in [2.75, 3.05) is 20.7 Å². The summed E-state index contributed by atoms with van der Waals surface area (Å²) in [4.78, 5) is 26.2. The number of rotatable bonds is 7. The third kappa shape index (κ3) is 5.05. The molecule has 0 spiro atoms. The lowest BCUT2D eigenvalue weighted by atomic mass is 10.0. The number of ether oxygens (including phenoxy) is 1. The van der Waals surface area contributed by atoms with Crippen molar-refractivity contribution >= 4 is 17.8 Å². The van der Waals surface area contributed by atoms with Gasteiger partial charge < -0.3 is 9.64 Å². The molecule has 0 aliphatic heterocycles. The molecule has 4 heteroatoms. The third-order valence-corrected chi connectivity index (χ3v) is 3.58. The van der Waals surface area contributed by atoms with Crippen molar-refractivity contribution < 1.29 is 14.3 Å². The lowest BCUT2D eigenvalue weighted by Gasteiger charge is -2.12. The second-order valence-corrected chi connectivity index (χ2v) is 5.87. The lowest BCUT2D eigenvalue weighted by molar-refractivity contribution is 0.0826. The Labute approximate surface area is 148 Å². The Bertz CT molecular complexity index is 746. The molecule has 0 fully saturated rings. The van der Waals surface area contributed by atoms with Crippen molar-refractivity contribution in [3.63, 3.8) is 0 Å². The molecule has 4 nitrogen and oxygen atoms in total. The van der Waals surface area contributed by atoms with Gasteiger partial charge in [0.1, 0.15) is 0 Å². The molecule has 2 aromatic carbocycles. The van der Waals surface area contributed by atoms with Gasteiger partial charge in [-0.1, -0.05) is 49.4 Å². The van der Waals surface area contributed by atoms with E-state index in [9.17, 15) is 9.59 Å². The Kier molecular flexibility index (Phi) is 6.52. The molecule has 0 bridgehead atoms. The molecule has 2 rings (SSSR count). The number of carbonyl (C=O) groups excluding carboxylic acids is 2. The Morgan fingerprint density at radius 3 is 2.12 bits per heavy atom. The fraction of sp³-hybridized carbons (Fsp3) is 0.238. The number of hydrogen-bond donors (Lipinski definition) is 0. The summed E-state index contributed by atoms with van der Waals surface area (Å²) < 4.78 is 5.66. The maximum absolute atomic E-state index is 12.8. The van der Waals surface area contributed by atoms with E-state index in [1.54, 1.807) is 44.4 Å². The van der Waals surface area contributed by atoms with Crippen molar-refractivity contribution in [3.05, 3.63) is 77.0 Å². The SMILES string of the molecule is CCCOC(=Cc1ccccc1)C(=O)c1ccc(C(=O)N(C)C)cc1. The van der Waals surface area contributed by atoms with Crippen LogP contribution >= 0.6 is 0 Å². The Morgan fingerprint density at radius 2 is 1.56 bits per heavy atom. The van der Waals surface area contributed by atoms with Gasteiger partial charge in [-0.25, -0.2) is 0 Å². The number of allylic oxidation sites excluding steroid dienone is 1. The average Bonchev–Trinajstić information content (AvgIpc) is 2.64. The molecule has 0 saturated heterocycles. The first-order chi connectivity index (χ1) is 12.0. The predicted molar refractivity (Wildman–Crippen MR) is 99.5 cm³/mol. The minimum absolute atomic E-state index is 0.0960. The summed E-state index contributed by atoms with van der Waals surface area (Å²) in [5.74, 6) is 0.0159. The van der Waals surface area contributed by atoms with Gasteiger partial charge in [0.2, 0.25) is 5.78 Å². The first kappa shape index (κ1) is 18.5. The van der Waals surface area contributed by atoms with E-state index in [0.29, 0.717) is 23.5 Å². The molecule has 0 aliphatic carbocycles. The zero-order valence-electron chi connectivity index (χ0n) is 14.9. The van der Waals surface area contributed by atoms with Crippen LogP contribution in [0.4, 0.5) is 0 Å². The van der Waals surface area contributed by atoms with Gasteiger partial charge in [0.05, 0.1) is 6.61 Å². The minimum atomic E-state index is -0.193. The number of nitrogens with zero attached hydrogens (tertiary/aromatic N) is 1. The Balaban J connectivity index is 2.27. The normalized spacial score (nSPS) is 11.1. The molecule has 0 heterocycles. The smallest absolute Gasteiger partial charge is 0.253 e. The number of hydrogen-bond acceptors (Lipinski definition) is 3. The van der Waals surface area contributed by atoms with Crippen molar-refractivity contribution in [3.8, 4) is 0 Å². The zero-order chi connectivity index (χ0) is 18.2. The van der Waals surface area contributed by atoms with Crippen LogP contribution < -0.4 is 0 Å². The van der Waals surface area contributed by atoms with E-state index in [1.165, 1.54) is 4.90 Å². The van der Waals surface area contributed by atoms with Gasteiger partial charge in [0, 0.05) is 25.2 Å². The second-order valence-electron chi connectivity index (χ2n) is 5.87. The van der Waals surface area contributed by atoms with Crippen molar-refractivity contribution in [1.29, 1.82) is 0 Å². The van der Waals surface area contributed by atoms with Crippen LogP contribution in [0, 0.1) is 0 Å². The summed E-state index contributed by atoms with van der Waals surface area (Å²) >= 11 is 0. The van der Waals surface area contributed by atoms with Crippen LogP contribution in [0.3, 0.4) is 0 Å². The molecule has 0 N–H and O–H groups in total. The molecule has 2 aromatic rings. The van der Waals surface area contributed by atoms with Crippen molar-refractivity contribution in [1.82, 2.24) is 4.90 Å². The summed E-state index contributed by atoms with van der Waals surface area (Å²) in [5.41, 5.74) is 1.94. The number of Topliss-reactive ketones (excluding diaryl/α,β-unsaturated/α-hetero) is 1. The highest BCUT2D eigenvalue weighted by atomic mass is 16.5. The fourth-order valence-electron chi connectivity index (χ4n) is 2.25. The molecule has 0 aliphatic rings. The summed E-state index contributed by atoms with van der Waals surface area (Å²) in [5, 5.41) is 0. The van der Waals surface area contributed by atoms with E-state index in [2.05, 4.69) is 0 Å². The Morgan fingerprint density at radius 1 is 0.960 bits per heavy atom. The minimum Gasteiger partial charge on any atom is -0.489 e. The molecular formula is C21H23NO3. The average molecular weight is 337 g/mol. The van der Waals surface area contributed by atoms with Gasteiger partial charge in [-0.15, -0.1) is 0 Å². The van der Waals surface area contributed by atoms with Crippen molar-refractivity contribution in [2.45, 2.75) is 13.3 Å². The van der Waals surface area contributed by atoms with Gasteiger partial charge in [0.15, 0.2) is 5.76 Å². The number of carbonyl (C=O) groups is 2. The predicted octanol–water partition coefficient (Wildman–Crippen LogP) is 4.04. The van der Waals surface area contributed by atoms with Crippen LogP contribution in [-0.4, -0.2) is 37.3 Å². The first-order valence-corrected chi connectivity index (χ1v) is 8.29. The van der Waals surface area contributed by atoms with Crippen LogP contribution in [0.5, 0.6) is 0 Å². The molecule has 0 unspecified atom stereocenters. The summed E-state index contributed by atoms with van der Waals surface area (Å²) in [6.07, 6.45) is 2.56. The highest BCUT2D eigenvalue weighted by Gasteiger charge is 2.15. The van der Waals surface area contributed by atoms with E-state index in [1.807, 2.05) is 37.3 Å². The monoisotopic (exact) mass is 337 g/mol.